The van der Waals surface area contributed by atoms with Crippen LogP contribution in [0.3, 0.4) is 0 Å². The van der Waals surface area contributed by atoms with Gasteiger partial charge in [0.05, 0.1) is 46.0 Å². The molecule has 0 aliphatic carbocycles. The number of nitrogens with zero attached hydrogens (tertiary/aromatic N) is 1. The van der Waals surface area contributed by atoms with Gasteiger partial charge in [-0.3, -0.25) is 4.79 Å². The van der Waals surface area contributed by atoms with Gasteiger partial charge in [-0.25, -0.2) is 18.1 Å². The molecule has 1 aliphatic rings. The summed E-state index contributed by atoms with van der Waals surface area (Å²) in [5.74, 6) is -0.352. The van der Waals surface area contributed by atoms with Crippen LogP contribution in [0.5, 0.6) is 5.75 Å². The highest BCUT2D eigenvalue weighted by molar-refractivity contribution is 7.90. The Morgan fingerprint density at radius 3 is 2.69 bits per heavy atom. The molecule has 1 aliphatic heterocycles. The second kappa shape index (κ2) is 11.6. The van der Waals surface area contributed by atoms with Crippen LogP contribution >= 0.6 is 11.3 Å². The minimum absolute atomic E-state index is 0.165. The molecule has 0 unspecified atom stereocenters. The maximum atomic E-state index is 13.5. The van der Waals surface area contributed by atoms with E-state index in [-0.39, 0.29) is 5.56 Å². The first-order valence-electron chi connectivity index (χ1n) is 13.1. The van der Waals surface area contributed by atoms with Crippen molar-refractivity contribution in [3.05, 3.63) is 59.2 Å². The third-order valence-corrected chi connectivity index (χ3v) is 9.69. The van der Waals surface area contributed by atoms with Gasteiger partial charge in [0.2, 0.25) is 10.0 Å². The van der Waals surface area contributed by atoms with Gasteiger partial charge in [-0.05, 0) is 73.7 Å². The summed E-state index contributed by atoms with van der Waals surface area (Å²) >= 11 is 1.58. The van der Waals surface area contributed by atoms with Gasteiger partial charge >= 0.3 is 0 Å². The molecular weight excluding hydrogens is 536 g/mol. The molecule has 2 N–H and O–H groups in total. The Bertz CT molecular complexity index is 1620. The van der Waals surface area contributed by atoms with Crippen molar-refractivity contribution in [1.29, 1.82) is 0 Å². The van der Waals surface area contributed by atoms with Gasteiger partial charge in [-0.15, -0.1) is 11.3 Å². The van der Waals surface area contributed by atoms with Crippen LogP contribution in [0.4, 0.5) is 0 Å². The third kappa shape index (κ3) is 5.94. The number of nitrogens with one attached hydrogen (secondary N) is 1. The number of carbonyl (C=O) groups excluding carboxylic acids is 1. The molecular formula is C29H32N2O6S2. The second-order valence-electron chi connectivity index (χ2n) is 9.88. The zero-order valence-electron chi connectivity index (χ0n) is 22.0. The number of pyridine rings is 1. The normalized spacial score (nSPS) is 14.6. The summed E-state index contributed by atoms with van der Waals surface area (Å²) in [6.45, 7) is 5.32. The zero-order chi connectivity index (χ0) is 27.6. The lowest BCUT2D eigenvalue weighted by Crippen LogP contribution is -2.33. The van der Waals surface area contributed by atoms with Gasteiger partial charge in [0.25, 0.3) is 5.91 Å². The maximum Gasteiger partial charge on any atom is 0.265 e. The van der Waals surface area contributed by atoms with Crippen LogP contribution in [0.1, 0.15) is 40.7 Å². The number of benzene rings is 2. The Morgan fingerprint density at radius 2 is 1.95 bits per heavy atom. The van der Waals surface area contributed by atoms with Gasteiger partial charge in [-0.2, -0.15) is 0 Å². The molecule has 39 heavy (non-hydrogen) atoms. The highest BCUT2D eigenvalue weighted by atomic mass is 32.2. The topological polar surface area (TPSA) is 115 Å². The molecule has 3 heterocycles. The number of aromatic nitrogens is 1. The van der Waals surface area contributed by atoms with Crippen LogP contribution in [0, 0.1) is 19.8 Å². The number of ether oxygens (including phenoxy) is 2. The van der Waals surface area contributed by atoms with E-state index < -0.39 is 28.3 Å². The molecule has 2 aromatic carbocycles. The van der Waals surface area contributed by atoms with Crippen LogP contribution in [0.25, 0.3) is 31.6 Å². The smallest absolute Gasteiger partial charge is 0.265 e. The molecule has 206 valence electrons. The number of aliphatic hydroxyl groups is 1. The molecule has 0 atom stereocenters. The van der Waals surface area contributed by atoms with E-state index in [4.69, 9.17) is 19.6 Å². The highest BCUT2D eigenvalue weighted by Crippen LogP contribution is 2.40. The van der Waals surface area contributed by atoms with Crippen LogP contribution in [-0.2, 0) is 14.8 Å². The van der Waals surface area contributed by atoms with Gasteiger partial charge in [0.15, 0.2) is 0 Å². The van der Waals surface area contributed by atoms with Gasteiger partial charge < -0.3 is 14.6 Å². The third-order valence-electron chi connectivity index (χ3n) is 7.18. The molecule has 0 saturated carbocycles. The van der Waals surface area contributed by atoms with Gasteiger partial charge in [-0.1, -0.05) is 24.3 Å². The summed E-state index contributed by atoms with van der Waals surface area (Å²) in [5.41, 5.74) is 3.22. The van der Waals surface area contributed by atoms with Gasteiger partial charge in [0, 0.05) is 17.9 Å². The average Bonchev–Trinajstić information content (AvgIpc) is 3.26. The van der Waals surface area contributed by atoms with Crippen molar-refractivity contribution in [2.75, 3.05) is 32.2 Å². The fraction of sp³-hybridized carbons (Fsp3) is 0.379. The summed E-state index contributed by atoms with van der Waals surface area (Å²) in [6, 6.07) is 13.4. The van der Waals surface area contributed by atoms with E-state index in [0.29, 0.717) is 34.9 Å². The number of fused-ring (bicyclic) bond motifs is 2. The van der Waals surface area contributed by atoms with E-state index >= 15 is 0 Å². The van der Waals surface area contributed by atoms with E-state index in [1.165, 1.54) is 0 Å². The Hall–Kier alpha value is -3.05. The molecule has 0 radical (unpaired) electrons. The highest BCUT2D eigenvalue weighted by Gasteiger charge is 2.24. The zero-order valence-corrected chi connectivity index (χ0v) is 23.7. The van der Waals surface area contributed by atoms with Crippen molar-refractivity contribution >= 4 is 48.3 Å². The van der Waals surface area contributed by atoms with Gasteiger partial charge in [0.1, 0.15) is 5.75 Å². The summed E-state index contributed by atoms with van der Waals surface area (Å²) in [6.07, 6.45) is 2.85. The number of amides is 1. The number of hydrogen-bond donors (Lipinski definition) is 2. The molecule has 2 aromatic heterocycles. The van der Waals surface area contributed by atoms with Crippen molar-refractivity contribution < 1.29 is 27.8 Å². The summed E-state index contributed by atoms with van der Waals surface area (Å²) in [5, 5.41) is 10.8. The van der Waals surface area contributed by atoms with Crippen LogP contribution in [0.15, 0.2) is 42.5 Å². The Labute approximate surface area is 232 Å². The number of rotatable bonds is 9. The largest absolute Gasteiger partial charge is 0.493 e. The second-order valence-corrected chi connectivity index (χ2v) is 12.8. The van der Waals surface area contributed by atoms with Crippen molar-refractivity contribution in [1.82, 2.24) is 9.71 Å². The van der Waals surface area contributed by atoms with E-state index in [0.717, 1.165) is 58.6 Å². The molecule has 10 heteroatoms. The summed E-state index contributed by atoms with van der Waals surface area (Å²) in [4.78, 5) is 19.4. The summed E-state index contributed by atoms with van der Waals surface area (Å²) in [7, 11) is -4.03. The summed E-state index contributed by atoms with van der Waals surface area (Å²) < 4.78 is 39.7. The standard InChI is InChI=1S/C29H32N2O6S2/c1-18-7-8-24(37-15-11-20-9-13-36-14-10-20)26-22(29(33)31-39(34,35)16-12-32)17-23(30-27(18)26)28-19(2)21-5-3-4-6-25(21)38-28/h3-8,17,20,32H,9-16H2,1-2H3,(H,31,33). The predicted molar refractivity (Wildman–Crippen MR) is 154 cm³/mol. The number of thiophene rings is 1. The Kier molecular flexibility index (Phi) is 8.18. The van der Waals surface area contributed by atoms with Crippen LogP contribution in [0.2, 0.25) is 0 Å². The first-order valence-corrected chi connectivity index (χ1v) is 15.5. The minimum atomic E-state index is -4.03. The Morgan fingerprint density at radius 1 is 1.18 bits per heavy atom. The average molecular weight is 569 g/mol. The molecule has 0 bridgehead atoms. The van der Waals surface area contributed by atoms with Crippen molar-refractivity contribution in [2.45, 2.75) is 33.1 Å². The first-order chi connectivity index (χ1) is 18.8. The number of aliphatic hydroxyl groups excluding tert-OH is 1. The molecule has 1 saturated heterocycles. The minimum Gasteiger partial charge on any atom is -0.493 e. The SMILES string of the molecule is Cc1c(-c2cc(C(=O)NS(=O)(=O)CCO)c3c(OCCC4CCOCC4)ccc(C)c3n2)sc2ccccc12. The fourth-order valence-corrected chi connectivity index (χ4v) is 6.92. The van der Waals surface area contributed by atoms with E-state index in [1.807, 2.05) is 44.2 Å². The van der Waals surface area contributed by atoms with E-state index in [1.54, 1.807) is 17.4 Å². The van der Waals surface area contributed by atoms with Crippen LogP contribution in [-0.4, -0.2) is 56.6 Å². The lowest BCUT2D eigenvalue weighted by Gasteiger charge is -2.22. The maximum absolute atomic E-state index is 13.5. The van der Waals surface area contributed by atoms with E-state index in [9.17, 15) is 13.2 Å². The lowest BCUT2D eigenvalue weighted by atomic mass is 9.97. The van der Waals surface area contributed by atoms with Crippen molar-refractivity contribution in [2.24, 2.45) is 5.92 Å². The number of carbonyl (C=O) groups is 1. The number of aryl methyl sites for hydroxylation is 2. The van der Waals surface area contributed by atoms with Crippen LogP contribution < -0.4 is 9.46 Å². The Balaban J connectivity index is 1.61. The predicted octanol–water partition coefficient (Wildman–Crippen LogP) is 4.98. The molecule has 5 rings (SSSR count). The van der Waals surface area contributed by atoms with Crippen molar-refractivity contribution in [3.63, 3.8) is 0 Å². The van der Waals surface area contributed by atoms with E-state index in [2.05, 4.69) is 10.8 Å². The number of sulfonamides is 1. The fourth-order valence-electron chi connectivity index (χ4n) is 5.02. The number of hydrogen-bond acceptors (Lipinski definition) is 8. The monoisotopic (exact) mass is 568 g/mol. The first kappa shape index (κ1) is 27.5. The molecule has 1 amide bonds. The quantitative estimate of drug-likeness (QED) is 0.293. The molecule has 0 spiro atoms. The lowest BCUT2D eigenvalue weighted by molar-refractivity contribution is 0.0594. The molecule has 8 nitrogen and oxygen atoms in total. The molecule has 1 fully saturated rings. The van der Waals surface area contributed by atoms with Crippen molar-refractivity contribution in [3.8, 4) is 16.3 Å². The molecule has 4 aromatic rings.